The molecule has 2 bridgehead atoms. The van der Waals surface area contributed by atoms with Gasteiger partial charge in [0.25, 0.3) is 15.9 Å². The molecule has 0 N–H and O–H groups in total. The Morgan fingerprint density at radius 1 is 1.16 bits per heavy atom. The van der Waals surface area contributed by atoms with E-state index in [0.29, 0.717) is 30.5 Å². The lowest BCUT2D eigenvalue weighted by Crippen LogP contribution is -2.45. The largest absolute Gasteiger partial charge is 0.467 e. The first-order valence-electron chi connectivity index (χ1n) is 11.3. The number of pyridine rings is 1. The maximum Gasteiger partial charge on any atom is 0.261 e. The molecule has 1 atom stereocenters. The van der Waals surface area contributed by atoms with Crippen LogP contribution in [0.1, 0.15) is 49.1 Å². The highest BCUT2D eigenvalue weighted by atomic mass is 32.2. The van der Waals surface area contributed by atoms with Crippen LogP contribution in [0.5, 0.6) is 5.88 Å². The van der Waals surface area contributed by atoms with Gasteiger partial charge in [0, 0.05) is 24.7 Å². The summed E-state index contributed by atoms with van der Waals surface area (Å²) in [6, 6.07) is 1.49. The van der Waals surface area contributed by atoms with Crippen LogP contribution in [0.2, 0.25) is 0 Å². The first kappa shape index (κ1) is 21.8. The van der Waals surface area contributed by atoms with Crippen molar-refractivity contribution in [2.24, 2.45) is 4.40 Å². The van der Waals surface area contributed by atoms with Gasteiger partial charge in [0.2, 0.25) is 5.88 Å². The van der Waals surface area contributed by atoms with Gasteiger partial charge in [0.1, 0.15) is 5.25 Å². The van der Waals surface area contributed by atoms with Gasteiger partial charge in [-0.05, 0) is 50.2 Å². The molecule has 1 saturated carbocycles. The van der Waals surface area contributed by atoms with Crippen molar-refractivity contribution in [1.29, 1.82) is 0 Å². The van der Waals surface area contributed by atoms with E-state index in [1.54, 1.807) is 11.1 Å². The average Bonchev–Trinajstić information content (AvgIpc) is 3.11. The Kier molecular flexibility index (Phi) is 5.94. The topological polar surface area (TPSA) is 107 Å². The highest BCUT2D eigenvalue weighted by Gasteiger charge is 2.39. The number of rotatable bonds is 2. The molecule has 2 saturated heterocycles. The van der Waals surface area contributed by atoms with Gasteiger partial charge in [-0.3, -0.25) is 4.79 Å². The minimum atomic E-state index is -3.66. The van der Waals surface area contributed by atoms with Crippen molar-refractivity contribution in [1.82, 2.24) is 9.88 Å². The zero-order chi connectivity index (χ0) is 22.3. The molecule has 1 aromatic heterocycles. The van der Waals surface area contributed by atoms with Gasteiger partial charge in [-0.2, -0.15) is 4.40 Å². The SMILES string of the molecule is Cc1ccnc2c1C1CCC(CC1)OC[C@H]1/C(=N/S(=O)(=O)C3COC3)CCN1C(=O)CO2. The molecule has 5 aliphatic rings. The summed E-state index contributed by atoms with van der Waals surface area (Å²) in [4.78, 5) is 19.1. The Bertz CT molecular complexity index is 1010. The van der Waals surface area contributed by atoms with Gasteiger partial charge in [-0.1, -0.05) is 0 Å². The van der Waals surface area contributed by atoms with Crippen LogP contribution in [-0.2, 0) is 24.3 Å². The number of fused-ring (bicyclic) bond motifs is 5. The van der Waals surface area contributed by atoms with Crippen LogP contribution in [0.4, 0.5) is 0 Å². The van der Waals surface area contributed by atoms with E-state index < -0.39 is 21.3 Å². The summed E-state index contributed by atoms with van der Waals surface area (Å²) in [5.41, 5.74) is 2.70. The molecule has 5 heterocycles. The second-order valence-corrected chi connectivity index (χ2v) is 10.9. The maximum absolute atomic E-state index is 13.1. The number of hydrogen-bond donors (Lipinski definition) is 0. The quantitative estimate of drug-likeness (QED) is 0.656. The third-order valence-corrected chi connectivity index (χ3v) is 8.64. The van der Waals surface area contributed by atoms with Crippen LogP contribution in [0.3, 0.4) is 0 Å². The van der Waals surface area contributed by atoms with Crippen LogP contribution in [0.15, 0.2) is 16.7 Å². The second-order valence-electron chi connectivity index (χ2n) is 9.05. The average molecular weight is 464 g/mol. The van der Waals surface area contributed by atoms with Crippen molar-refractivity contribution in [3.05, 3.63) is 23.4 Å². The lowest BCUT2D eigenvalue weighted by molar-refractivity contribution is -0.135. The number of ether oxygens (including phenoxy) is 3. The Morgan fingerprint density at radius 3 is 2.66 bits per heavy atom. The number of nitrogens with zero attached hydrogens (tertiary/aromatic N) is 3. The normalized spacial score (nSPS) is 30.5. The van der Waals surface area contributed by atoms with E-state index in [1.165, 1.54) is 0 Å². The number of carbonyl (C=O) groups excluding carboxylic acids is 1. The third-order valence-electron chi connectivity index (χ3n) is 7.04. The summed E-state index contributed by atoms with van der Waals surface area (Å²) < 4.78 is 46.5. The molecule has 6 rings (SSSR count). The molecule has 0 spiro atoms. The number of sulfonamides is 1. The fourth-order valence-corrected chi connectivity index (χ4v) is 6.29. The molecule has 32 heavy (non-hydrogen) atoms. The van der Waals surface area contributed by atoms with E-state index in [4.69, 9.17) is 14.2 Å². The van der Waals surface area contributed by atoms with E-state index >= 15 is 0 Å². The fraction of sp³-hybridized carbons (Fsp3) is 0.682. The number of hydrogen-bond acceptors (Lipinski definition) is 7. The summed E-state index contributed by atoms with van der Waals surface area (Å²) in [6.07, 6.45) is 5.95. The van der Waals surface area contributed by atoms with E-state index in [2.05, 4.69) is 16.3 Å². The molecule has 4 aliphatic heterocycles. The summed E-state index contributed by atoms with van der Waals surface area (Å²) in [5.74, 6) is 0.648. The van der Waals surface area contributed by atoms with Gasteiger partial charge >= 0.3 is 0 Å². The summed E-state index contributed by atoms with van der Waals surface area (Å²) >= 11 is 0. The maximum atomic E-state index is 13.1. The zero-order valence-corrected chi connectivity index (χ0v) is 19.1. The highest BCUT2D eigenvalue weighted by molar-refractivity contribution is 7.91. The van der Waals surface area contributed by atoms with Crippen LogP contribution in [0.25, 0.3) is 0 Å². The predicted octanol–water partition coefficient (Wildman–Crippen LogP) is 1.60. The molecule has 9 nitrogen and oxygen atoms in total. The standard InChI is InChI=1S/C22H29N3O6S/c1-14-6-8-23-22-21(14)15-2-4-16(5-3-15)30-12-19-18(7-9-25(19)20(26)13-31-22)24-32(27,28)17-10-29-11-17/h6,8,15-17,19H,2-5,7,9-13H2,1H3/b24-18+/t15?,16?,19-/m0/s1. The summed E-state index contributed by atoms with van der Waals surface area (Å²) in [7, 11) is -3.66. The summed E-state index contributed by atoms with van der Waals surface area (Å²) in [6.45, 7) is 2.90. The molecule has 1 amide bonds. The fourth-order valence-electron chi connectivity index (χ4n) is 5.07. The van der Waals surface area contributed by atoms with Crippen LogP contribution >= 0.6 is 0 Å². The van der Waals surface area contributed by atoms with Crippen molar-refractivity contribution in [2.45, 2.75) is 62.3 Å². The van der Waals surface area contributed by atoms with Crippen LogP contribution in [-0.4, -0.2) is 80.3 Å². The summed E-state index contributed by atoms with van der Waals surface area (Å²) in [5, 5.41) is -0.597. The molecule has 0 radical (unpaired) electrons. The minimum Gasteiger partial charge on any atom is -0.467 e. The Labute approximate surface area is 188 Å². The van der Waals surface area contributed by atoms with Gasteiger partial charge in [0.15, 0.2) is 6.61 Å². The number of aromatic nitrogens is 1. The van der Waals surface area contributed by atoms with E-state index in [-0.39, 0.29) is 38.4 Å². The molecule has 10 heteroatoms. The van der Waals surface area contributed by atoms with Crippen LogP contribution in [0, 0.1) is 6.92 Å². The second kappa shape index (κ2) is 8.72. The Hall–Kier alpha value is -2.04. The van der Waals surface area contributed by atoms with E-state index in [9.17, 15) is 13.2 Å². The van der Waals surface area contributed by atoms with Gasteiger partial charge in [0.05, 0.1) is 37.7 Å². The monoisotopic (exact) mass is 463 g/mol. The highest BCUT2D eigenvalue weighted by Crippen LogP contribution is 2.39. The van der Waals surface area contributed by atoms with Crippen molar-refractivity contribution < 1.29 is 27.4 Å². The molecular weight excluding hydrogens is 434 g/mol. The number of amides is 1. The molecular formula is C22H29N3O6S. The van der Waals surface area contributed by atoms with Gasteiger partial charge in [-0.15, -0.1) is 0 Å². The predicted molar refractivity (Wildman–Crippen MR) is 116 cm³/mol. The van der Waals surface area contributed by atoms with E-state index in [1.807, 2.05) is 6.07 Å². The van der Waals surface area contributed by atoms with Crippen molar-refractivity contribution in [3.8, 4) is 5.88 Å². The van der Waals surface area contributed by atoms with Crippen molar-refractivity contribution in [3.63, 3.8) is 0 Å². The Morgan fingerprint density at radius 2 is 1.94 bits per heavy atom. The Balaban J connectivity index is 1.43. The van der Waals surface area contributed by atoms with E-state index in [0.717, 1.165) is 36.8 Å². The molecule has 0 unspecified atom stereocenters. The number of aryl methyl sites for hydroxylation is 1. The first-order chi connectivity index (χ1) is 15.4. The number of carbonyl (C=O) groups is 1. The van der Waals surface area contributed by atoms with Gasteiger partial charge < -0.3 is 19.1 Å². The van der Waals surface area contributed by atoms with Crippen LogP contribution < -0.4 is 4.74 Å². The van der Waals surface area contributed by atoms with Crippen molar-refractivity contribution >= 4 is 21.6 Å². The smallest absolute Gasteiger partial charge is 0.261 e. The molecule has 174 valence electrons. The lowest BCUT2D eigenvalue weighted by Gasteiger charge is -2.31. The zero-order valence-electron chi connectivity index (χ0n) is 18.2. The molecule has 3 fully saturated rings. The van der Waals surface area contributed by atoms with Crippen molar-refractivity contribution in [2.75, 3.05) is 33.0 Å². The molecule has 1 aromatic rings. The molecule has 0 aromatic carbocycles. The van der Waals surface area contributed by atoms with Gasteiger partial charge in [-0.25, -0.2) is 13.4 Å². The minimum absolute atomic E-state index is 0.0868. The third kappa shape index (κ3) is 4.15. The lowest BCUT2D eigenvalue weighted by atomic mass is 9.81. The first-order valence-corrected chi connectivity index (χ1v) is 12.8. The molecule has 1 aliphatic carbocycles.